The smallest absolute Gasteiger partial charge is 0.270 e. The highest BCUT2D eigenvalue weighted by molar-refractivity contribution is 5.93. The number of carbonyl (C=O) groups excluding carboxylic acids is 1. The largest absolute Gasteiger partial charge is 0.493 e. The summed E-state index contributed by atoms with van der Waals surface area (Å²) in [5, 5.41) is 2.90. The van der Waals surface area contributed by atoms with Crippen LogP contribution < -0.4 is 15.6 Å². The number of nitrogens with one attached hydrogen (secondary N) is 1. The third-order valence-electron chi connectivity index (χ3n) is 4.98. The maximum absolute atomic E-state index is 12.7. The van der Waals surface area contributed by atoms with Crippen molar-refractivity contribution in [3.05, 3.63) is 75.8 Å². The van der Waals surface area contributed by atoms with Gasteiger partial charge in [0.05, 0.1) is 6.61 Å². The molecule has 6 heteroatoms. The molecule has 3 heterocycles. The van der Waals surface area contributed by atoms with Gasteiger partial charge in [-0.25, -0.2) is 4.98 Å². The molecule has 4 rings (SSSR count). The van der Waals surface area contributed by atoms with Gasteiger partial charge in [0.1, 0.15) is 17.0 Å². The third-order valence-corrected chi connectivity index (χ3v) is 4.98. The Kier molecular flexibility index (Phi) is 4.62. The topological polar surface area (TPSA) is 72.7 Å². The van der Waals surface area contributed by atoms with Crippen LogP contribution in [0.1, 0.15) is 28.0 Å². The van der Waals surface area contributed by atoms with Crippen LogP contribution >= 0.6 is 0 Å². The number of hydrogen-bond acceptors (Lipinski definition) is 4. The molecule has 138 valence electrons. The van der Waals surface area contributed by atoms with Crippen LogP contribution in [0.3, 0.4) is 0 Å². The lowest BCUT2D eigenvalue weighted by atomic mass is 9.97. The number of fused-ring (bicyclic) bond motifs is 2. The van der Waals surface area contributed by atoms with Crippen LogP contribution in [0, 0.1) is 12.8 Å². The van der Waals surface area contributed by atoms with E-state index < -0.39 is 0 Å². The standard InChI is InChI=1S/C21H21N3O3/c1-14-5-4-8-19-22-13-17(21(26)24(14)19)20(25)23-12-15-9-10-27-18-7-3-2-6-16(18)11-15/h2-8,13,15H,9-12H2,1H3,(H,23,25). The molecule has 1 unspecified atom stereocenters. The monoisotopic (exact) mass is 363 g/mol. The highest BCUT2D eigenvalue weighted by Gasteiger charge is 2.20. The average molecular weight is 363 g/mol. The summed E-state index contributed by atoms with van der Waals surface area (Å²) in [7, 11) is 0. The van der Waals surface area contributed by atoms with Gasteiger partial charge in [-0.15, -0.1) is 0 Å². The maximum Gasteiger partial charge on any atom is 0.270 e. The number of amides is 1. The van der Waals surface area contributed by atoms with Gasteiger partial charge >= 0.3 is 0 Å². The lowest BCUT2D eigenvalue weighted by molar-refractivity contribution is 0.0943. The van der Waals surface area contributed by atoms with Crippen molar-refractivity contribution in [3.8, 4) is 5.75 Å². The van der Waals surface area contributed by atoms with E-state index in [1.165, 1.54) is 10.6 Å². The predicted octanol–water partition coefficient (Wildman–Crippen LogP) is 2.37. The van der Waals surface area contributed by atoms with Gasteiger partial charge in [-0.1, -0.05) is 24.3 Å². The van der Waals surface area contributed by atoms with Gasteiger partial charge < -0.3 is 10.1 Å². The van der Waals surface area contributed by atoms with E-state index in [0.29, 0.717) is 18.8 Å². The number of para-hydroxylation sites is 1. The minimum absolute atomic E-state index is 0.0621. The van der Waals surface area contributed by atoms with Crippen LogP contribution in [0.25, 0.3) is 5.65 Å². The molecular weight excluding hydrogens is 342 g/mol. The van der Waals surface area contributed by atoms with Gasteiger partial charge in [-0.05, 0) is 49.4 Å². The lowest BCUT2D eigenvalue weighted by Gasteiger charge is -2.14. The fraction of sp³-hybridized carbons (Fsp3) is 0.286. The molecule has 1 atom stereocenters. The molecule has 1 amide bonds. The summed E-state index contributed by atoms with van der Waals surface area (Å²) < 4.78 is 7.24. The molecule has 1 N–H and O–H groups in total. The van der Waals surface area contributed by atoms with Crippen molar-refractivity contribution < 1.29 is 9.53 Å². The molecule has 0 bridgehead atoms. The number of rotatable bonds is 3. The van der Waals surface area contributed by atoms with Crippen molar-refractivity contribution in [3.63, 3.8) is 0 Å². The summed E-state index contributed by atoms with van der Waals surface area (Å²) in [6.07, 6.45) is 3.05. The summed E-state index contributed by atoms with van der Waals surface area (Å²) in [6, 6.07) is 13.4. The number of aromatic nitrogens is 2. The van der Waals surface area contributed by atoms with Crippen LogP contribution in [-0.2, 0) is 6.42 Å². The highest BCUT2D eigenvalue weighted by atomic mass is 16.5. The zero-order valence-corrected chi connectivity index (χ0v) is 15.1. The van der Waals surface area contributed by atoms with Gasteiger partial charge in [0.15, 0.2) is 0 Å². The van der Waals surface area contributed by atoms with E-state index in [0.717, 1.165) is 29.8 Å². The van der Waals surface area contributed by atoms with Crippen molar-refractivity contribution in [2.75, 3.05) is 13.2 Å². The summed E-state index contributed by atoms with van der Waals surface area (Å²) in [5.74, 6) is 0.790. The second-order valence-corrected chi connectivity index (χ2v) is 6.86. The van der Waals surface area contributed by atoms with Gasteiger partial charge in [0.2, 0.25) is 0 Å². The van der Waals surface area contributed by atoms with Crippen molar-refractivity contribution in [1.82, 2.24) is 14.7 Å². The molecule has 0 saturated heterocycles. The fourth-order valence-electron chi connectivity index (χ4n) is 3.50. The van der Waals surface area contributed by atoms with Crippen molar-refractivity contribution in [1.29, 1.82) is 0 Å². The van der Waals surface area contributed by atoms with Gasteiger partial charge in [0.25, 0.3) is 11.5 Å². The Morgan fingerprint density at radius 1 is 1.26 bits per heavy atom. The summed E-state index contributed by atoms with van der Waals surface area (Å²) in [5.41, 5.74) is 2.15. The van der Waals surface area contributed by atoms with E-state index in [-0.39, 0.29) is 22.9 Å². The van der Waals surface area contributed by atoms with Crippen LogP contribution in [0.4, 0.5) is 0 Å². The normalized spacial score (nSPS) is 16.3. The Morgan fingerprint density at radius 3 is 3.00 bits per heavy atom. The molecule has 1 aliphatic rings. The molecule has 0 radical (unpaired) electrons. The second-order valence-electron chi connectivity index (χ2n) is 6.86. The molecule has 0 fully saturated rings. The summed E-state index contributed by atoms with van der Waals surface area (Å²) in [6.45, 7) is 2.93. The number of benzene rings is 1. The number of ether oxygens (including phenoxy) is 1. The Morgan fingerprint density at radius 2 is 2.11 bits per heavy atom. The summed E-state index contributed by atoms with van der Waals surface area (Å²) >= 11 is 0. The van der Waals surface area contributed by atoms with E-state index in [2.05, 4.69) is 16.4 Å². The van der Waals surface area contributed by atoms with Crippen LogP contribution in [-0.4, -0.2) is 28.4 Å². The molecule has 0 aliphatic carbocycles. The molecule has 2 aromatic heterocycles. The van der Waals surface area contributed by atoms with Crippen LogP contribution in [0.15, 0.2) is 53.5 Å². The summed E-state index contributed by atoms with van der Waals surface area (Å²) in [4.78, 5) is 29.5. The predicted molar refractivity (Wildman–Crippen MR) is 102 cm³/mol. The molecule has 6 nitrogen and oxygen atoms in total. The third kappa shape index (κ3) is 3.43. The molecule has 0 saturated carbocycles. The first-order chi connectivity index (χ1) is 13.1. The SMILES string of the molecule is Cc1cccc2ncc(C(=O)NCC3CCOc4ccccc4C3)c(=O)n12. The van der Waals surface area contributed by atoms with Crippen LogP contribution in [0.2, 0.25) is 0 Å². The molecule has 1 aliphatic heterocycles. The fourth-order valence-corrected chi connectivity index (χ4v) is 3.50. The Balaban J connectivity index is 1.50. The van der Waals surface area contributed by atoms with Crippen molar-refractivity contribution in [2.24, 2.45) is 5.92 Å². The maximum atomic E-state index is 12.7. The van der Waals surface area contributed by atoms with Crippen LogP contribution in [0.5, 0.6) is 5.75 Å². The molecule has 27 heavy (non-hydrogen) atoms. The number of pyridine rings is 1. The van der Waals surface area contributed by atoms with Crippen molar-refractivity contribution in [2.45, 2.75) is 19.8 Å². The van der Waals surface area contributed by atoms with Gasteiger partial charge in [0, 0.05) is 18.4 Å². The molecule has 0 spiro atoms. The molecule has 1 aromatic carbocycles. The van der Waals surface area contributed by atoms with Gasteiger partial charge in [-0.3, -0.25) is 14.0 Å². The highest BCUT2D eigenvalue weighted by Crippen LogP contribution is 2.26. The first-order valence-electron chi connectivity index (χ1n) is 9.10. The van der Waals surface area contributed by atoms with Gasteiger partial charge in [-0.2, -0.15) is 0 Å². The average Bonchev–Trinajstić information content (AvgIpc) is 2.88. The Bertz CT molecular complexity index is 1060. The molecular formula is C21H21N3O3. The first kappa shape index (κ1) is 17.3. The minimum atomic E-state index is -0.386. The number of nitrogens with zero attached hydrogens (tertiary/aromatic N) is 2. The number of aryl methyl sites for hydroxylation is 1. The zero-order valence-electron chi connectivity index (χ0n) is 15.1. The minimum Gasteiger partial charge on any atom is -0.493 e. The van der Waals surface area contributed by atoms with E-state index >= 15 is 0 Å². The Labute approximate surface area is 156 Å². The van der Waals surface area contributed by atoms with E-state index in [9.17, 15) is 9.59 Å². The zero-order chi connectivity index (χ0) is 18.8. The number of carbonyl (C=O) groups is 1. The Hall–Kier alpha value is -3.15. The van der Waals surface area contributed by atoms with E-state index in [1.54, 1.807) is 6.07 Å². The quantitative estimate of drug-likeness (QED) is 0.775. The molecule has 3 aromatic rings. The van der Waals surface area contributed by atoms with E-state index in [4.69, 9.17) is 4.74 Å². The number of hydrogen-bond donors (Lipinski definition) is 1. The second kappa shape index (κ2) is 7.23. The van der Waals surface area contributed by atoms with E-state index in [1.807, 2.05) is 37.3 Å². The first-order valence-corrected chi connectivity index (χ1v) is 9.10. The lowest BCUT2D eigenvalue weighted by Crippen LogP contribution is -2.35. The van der Waals surface area contributed by atoms with Crippen molar-refractivity contribution >= 4 is 11.6 Å².